The second-order valence-electron chi connectivity index (χ2n) is 4.46. The summed E-state index contributed by atoms with van der Waals surface area (Å²) < 4.78 is 42.2. The fourth-order valence-electron chi connectivity index (χ4n) is 2.04. The first kappa shape index (κ1) is 14.3. The zero-order valence-electron chi connectivity index (χ0n) is 10.4. The number of carbonyl (C=O) groups is 1. The third-order valence-corrected chi connectivity index (χ3v) is 4.33. The predicted molar refractivity (Wildman–Crippen MR) is 65.0 cm³/mol. The first-order chi connectivity index (χ1) is 8.87. The first-order valence-corrected chi connectivity index (χ1v) is 6.81. The van der Waals surface area contributed by atoms with Crippen LogP contribution in [0.15, 0.2) is 21.6 Å². The molecule has 7 heteroatoms. The maximum absolute atomic E-state index is 12.4. The Morgan fingerprint density at radius 2 is 2.26 bits per heavy atom. The fraction of sp³-hybridized carbons (Fsp3) is 0.583. The van der Waals surface area contributed by atoms with Crippen molar-refractivity contribution in [2.75, 3.05) is 13.1 Å². The van der Waals surface area contributed by atoms with Crippen LogP contribution in [-0.2, 0) is 4.79 Å². The molecule has 1 aliphatic rings. The van der Waals surface area contributed by atoms with Gasteiger partial charge in [-0.3, -0.25) is 4.79 Å². The molecular weight excluding hydrogens is 279 g/mol. The molecule has 2 heterocycles. The lowest BCUT2D eigenvalue weighted by Gasteiger charge is -2.32. The van der Waals surface area contributed by atoms with Crippen molar-refractivity contribution in [2.24, 2.45) is 0 Å². The minimum atomic E-state index is -4.34. The molecule has 0 N–H and O–H groups in total. The lowest BCUT2D eigenvalue weighted by atomic mass is 10.1. The zero-order valence-corrected chi connectivity index (χ0v) is 11.2. The number of nitrogens with zero attached hydrogens (tertiary/aromatic N) is 1. The van der Waals surface area contributed by atoms with Gasteiger partial charge in [-0.2, -0.15) is 13.2 Å². The van der Waals surface area contributed by atoms with E-state index in [0.717, 1.165) is 9.80 Å². The Kier molecular flexibility index (Phi) is 4.13. The highest BCUT2D eigenvalue weighted by molar-refractivity contribution is 8.00. The van der Waals surface area contributed by atoms with Gasteiger partial charge in [-0.15, -0.1) is 11.8 Å². The van der Waals surface area contributed by atoms with Crippen molar-refractivity contribution in [1.29, 1.82) is 0 Å². The standard InChI is InChI=1S/C12H14F3NO2S/c1-8-9(4-6-18-8)19-10-3-2-5-16(11(10)17)7-12(13,14)15/h4,6,10H,2-3,5,7H2,1H3. The molecule has 0 radical (unpaired) electrons. The Balaban J connectivity index is 2.02. The number of hydrogen-bond donors (Lipinski definition) is 0. The summed E-state index contributed by atoms with van der Waals surface area (Å²) in [4.78, 5) is 13.7. The van der Waals surface area contributed by atoms with Crippen LogP contribution in [0, 0.1) is 6.92 Å². The predicted octanol–water partition coefficient (Wildman–Crippen LogP) is 3.23. The first-order valence-electron chi connectivity index (χ1n) is 5.93. The quantitative estimate of drug-likeness (QED) is 0.858. The van der Waals surface area contributed by atoms with Gasteiger partial charge < -0.3 is 9.32 Å². The van der Waals surface area contributed by atoms with E-state index in [1.807, 2.05) is 0 Å². The summed E-state index contributed by atoms with van der Waals surface area (Å²) in [6, 6.07) is 1.73. The molecule has 1 saturated heterocycles. The van der Waals surface area contributed by atoms with E-state index in [0.29, 0.717) is 18.6 Å². The van der Waals surface area contributed by atoms with E-state index in [4.69, 9.17) is 4.42 Å². The minimum Gasteiger partial charge on any atom is -0.468 e. The van der Waals surface area contributed by atoms with E-state index in [2.05, 4.69) is 0 Å². The summed E-state index contributed by atoms with van der Waals surface area (Å²) >= 11 is 1.28. The van der Waals surface area contributed by atoms with Crippen LogP contribution < -0.4 is 0 Å². The Morgan fingerprint density at radius 1 is 1.53 bits per heavy atom. The topological polar surface area (TPSA) is 33.5 Å². The zero-order chi connectivity index (χ0) is 14.0. The SMILES string of the molecule is Cc1occc1SC1CCCN(CC(F)(F)F)C1=O. The van der Waals surface area contributed by atoms with E-state index < -0.39 is 23.9 Å². The molecule has 106 valence electrons. The molecule has 0 saturated carbocycles. The van der Waals surface area contributed by atoms with Gasteiger partial charge in [0.15, 0.2) is 0 Å². The van der Waals surface area contributed by atoms with Crippen molar-refractivity contribution >= 4 is 17.7 Å². The summed E-state index contributed by atoms with van der Waals surface area (Å²) in [6.45, 7) is 0.788. The molecule has 0 spiro atoms. The molecule has 2 rings (SSSR count). The molecule has 0 aromatic carbocycles. The van der Waals surface area contributed by atoms with Crippen LogP contribution in [-0.4, -0.2) is 35.3 Å². The number of hydrogen-bond acceptors (Lipinski definition) is 3. The van der Waals surface area contributed by atoms with Crippen molar-refractivity contribution in [3.05, 3.63) is 18.1 Å². The number of carbonyl (C=O) groups excluding carboxylic acids is 1. The van der Waals surface area contributed by atoms with Crippen molar-refractivity contribution in [1.82, 2.24) is 4.90 Å². The number of thioether (sulfide) groups is 1. The highest BCUT2D eigenvalue weighted by Gasteiger charge is 2.37. The number of halogens is 3. The van der Waals surface area contributed by atoms with E-state index in [-0.39, 0.29) is 6.54 Å². The molecule has 0 bridgehead atoms. The average molecular weight is 293 g/mol. The summed E-state index contributed by atoms with van der Waals surface area (Å²) in [5.41, 5.74) is 0. The van der Waals surface area contributed by atoms with E-state index >= 15 is 0 Å². The van der Waals surface area contributed by atoms with E-state index in [1.54, 1.807) is 13.0 Å². The van der Waals surface area contributed by atoms with Crippen LogP contribution in [0.1, 0.15) is 18.6 Å². The van der Waals surface area contributed by atoms with Crippen molar-refractivity contribution in [3.63, 3.8) is 0 Å². The highest BCUT2D eigenvalue weighted by atomic mass is 32.2. The molecule has 1 fully saturated rings. The van der Waals surface area contributed by atoms with Crippen LogP contribution in [0.3, 0.4) is 0 Å². The molecular formula is C12H14F3NO2S. The van der Waals surface area contributed by atoms with E-state index in [9.17, 15) is 18.0 Å². The smallest absolute Gasteiger partial charge is 0.406 e. The van der Waals surface area contributed by atoms with Gasteiger partial charge in [0, 0.05) is 11.4 Å². The van der Waals surface area contributed by atoms with Crippen molar-refractivity contribution in [2.45, 2.75) is 36.1 Å². The van der Waals surface area contributed by atoms with Gasteiger partial charge in [-0.25, -0.2) is 0 Å². The molecule has 1 atom stereocenters. The Morgan fingerprint density at radius 3 is 2.84 bits per heavy atom. The fourth-order valence-corrected chi connectivity index (χ4v) is 3.23. The van der Waals surface area contributed by atoms with Gasteiger partial charge in [-0.05, 0) is 25.8 Å². The van der Waals surface area contributed by atoms with Gasteiger partial charge in [-0.1, -0.05) is 0 Å². The van der Waals surface area contributed by atoms with E-state index in [1.165, 1.54) is 18.0 Å². The Labute approximate surface area is 113 Å². The molecule has 1 amide bonds. The van der Waals surface area contributed by atoms with Crippen LogP contribution >= 0.6 is 11.8 Å². The summed E-state index contributed by atoms with van der Waals surface area (Å²) in [5.74, 6) is 0.250. The van der Waals surface area contributed by atoms with Crippen molar-refractivity contribution in [3.8, 4) is 0 Å². The van der Waals surface area contributed by atoms with Crippen LogP contribution in [0.4, 0.5) is 13.2 Å². The molecule has 3 nitrogen and oxygen atoms in total. The Bertz CT molecular complexity index is 458. The molecule has 1 aromatic heterocycles. The summed E-state index contributed by atoms with van der Waals surface area (Å²) in [7, 11) is 0. The largest absolute Gasteiger partial charge is 0.468 e. The van der Waals surface area contributed by atoms with Gasteiger partial charge in [0.2, 0.25) is 5.91 Å². The summed E-state index contributed by atoms with van der Waals surface area (Å²) in [6.07, 6.45) is -1.63. The van der Waals surface area contributed by atoms with Crippen molar-refractivity contribution < 1.29 is 22.4 Å². The number of furan rings is 1. The number of alkyl halides is 3. The lowest BCUT2D eigenvalue weighted by Crippen LogP contribution is -2.47. The molecule has 1 unspecified atom stereocenters. The van der Waals surface area contributed by atoms with Gasteiger partial charge >= 0.3 is 6.18 Å². The number of likely N-dealkylation sites (tertiary alicyclic amines) is 1. The summed E-state index contributed by atoms with van der Waals surface area (Å²) in [5, 5.41) is -0.451. The highest BCUT2D eigenvalue weighted by Crippen LogP contribution is 2.33. The lowest BCUT2D eigenvalue weighted by molar-refractivity contribution is -0.162. The number of aryl methyl sites for hydroxylation is 1. The molecule has 1 aromatic rings. The normalized spacial score (nSPS) is 20.9. The van der Waals surface area contributed by atoms with Gasteiger partial charge in [0.05, 0.1) is 11.5 Å². The number of amides is 1. The Hall–Kier alpha value is -1.11. The maximum Gasteiger partial charge on any atom is 0.406 e. The third kappa shape index (κ3) is 3.68. The third-order valence-electron chi connectivity index (χ3n) is 2.93. The average Bonchev–Trinajstić information content (AvgIpc) is 2.68. The second-order valence-corrected chi connectivity index (χ2v) is 5.71. The number of rotatable bonds is 3. The monoisotopic (exact) mass is 293 g/mol. The van der Waals surface area contributed by atoms with Crippen LogP contribution in [0.25, 0.3) is 0 Å². The van der Waals surface area contributed by atoms with Crippen LogP contribution in [0.5, 0.6) is 0 Å². The molecule has 19 heavy (non-hydrogen) atoms. The second kappa shape index (κ2) is 5.48. The minimum absolute atomic E-state index is 0.180. The molecule has 0 aliphatic carbocycles. The van der Waals surface area contributed by atoms with Gasteiger partial charge in [0.25, 0.3) is 0 Å². The molecule has 1 aliphatic heterocycles. The van der Waals surface area contributed by atoms with Gasteiger partial charge in [0.1, 0.15) is 12.3 Å². The number of piperidine rings is 1. The maximum atomic E-state index is 12.4. The van der Waals surface area contributed by atoms with Crippen LogP contribution in [0.2, 0.25) is 0 Å².